The molecular weight excluding hydrogens is 258 g/mol. The summed E-state index contributed by atoms with van der Waals surface area (Å²) in [7, 11) is 0. The summed E-state index contributed by atoms with van der Waals surface area (Å²) in [6.45, 7) is 3.24. The number of carbonyl (C=O) groups is 1. The maximum atomic E-state index is 12.4. The van der Waals surface area contributed by atoms with Crippen molar-refractivity contribution in [3.63, 3.8) is 0 Å². The van der Waals surface area contributed by atoms with Crippen LogP contribution in [0.25, 0.3) is 0 Å². The summed E-state index contributed by atoms with van der Waals surface area (Å²) in [6, 6.07) is 0. The van der Waals surface area contributed by atoms with E-state index in [2.05, 4.69) is 14.9 Å². The van der Waals surface area contributed by atoms with Crippen LogP contribution in [-0.4, -0.2) is 45.4 Å². The minimum absolute atomic E-state index is 0.0574. The molecule has 1 aliphatic carbocycles. The highest BCUT2D eigenvalue weighted by Gasteiger charge is 2.45. The van der Waals surface area contributed by atoms with Gasteiger partial charge in [-0.15, -0.1) is 0 Å². The number of aliphatic hydroxyl groups excluding tert-OH is 1. The Kier molecular flexibility index (Phi) is 3.50. The van der Waals surface area contributed by atoms with E-state index in [1.165, 1.54) is 0 Å². The average Bonchev–Trinajstić information content (AvgIpc) is 2.98. The Labute approximate surface area is 118 Å². The van der Waals surface area contributed by atoms with E-state index < -0.39 is 0 Å². The lowest BCUT2D eigenvalue weighted by Crippen LogP contribution is -2.49. The zero-order valence-electron chi connectivity index (χ0n) is 11.8. The quantitative estimate of drug-likeness (QED) is 0.876. The molecule has 1 N–H and O–H groups in total. The average molecular weight is 279 g/mol. The SMILES string of the molecule is Cc1nonc1CC(=O)N1CCC[C@@]2(CCC[C@H]2O)C1. The van der Waals surface area contributed by atoms with Crippen LogP contribution in [0.4, 0.5) is 0 Å². The molecule has 0 aromatic carbocycles. The molecule has 0 unspecified atom stereocenters. The van der Waals surface area contributed by atoms with Gasteiger partial charge in [0.25, 0.3) is 0 Å². The van der Waals surface area contributed by atoms with E-state index in [0.29, 0.717) is 17.9 Å². The molecule has 2 heterocycles. The summed E-state index contributed by atoms with van der Waals surface area (Å²) in [5, 5.41) is 17.7. The van der Waals surface area contributed by atoms with Gasteiger partial charge in [0, 0.05) is 18.5 Å². The fourth-order valence-electron chi connectivity index (χ4n) is 3.63. The van der Waals surface area contributed by atoms with E-state index in [-0.39, 0.29) is 23.8 Å². The molecule has 1 spiro atoms. The lowest BCUT2D eigenvalue weighted by molar-refractivity contribution is -0.136. The second kappa shape index (κ2) is 5.16. The molecule has 0 bridgehead atoms. The van der Waals surface area contributed by atoms with Crippen molar-refractivity contribution in [2.45, 2.75) is 51.6 Å². The van der Waals surface area contributed by atoms with E-state index in [0.717, 1.165) is 38.6 Å². The number of aryl methyl sites for hydroxylation is 1. The standard InChI is InChI=1S/C14H21N3O3/c1-10-11(16-20-15-10)8-13(19)17-7-3-6-14(9-17)5-2-4-12(14)18/h12,18H,2-9H2,1H3/t12-,14+/m1/s1. The first-order valence-electron chi connectivity index (χ1n) is 7.35. The van der Waals surface area contributed by atoms with E-state index >= 15 is 0 Å². The third-order valence-corrected chi connectivity index (χ3v) is 4.89. The Morgan fingerprint density at radius 2 is 2.25 bits per heavy atom. The number of aromatic nitrogens is 2. The van der Waals surface area contributed by atoms with Crippen molar-refractivity contribution < 1.29 is 14.5 Å². The topological polar surface area (TPSA) is 79.5 Å². The van der Waals surface area contributed by atoms with Crippen molar-refractivity contribution in [1.29, 1.82) is 0 Å². The van der Waals surface area contributed by atoms with E-state index in [1.54, 1.807) is 6.92 Å². The Balaban J connectivity index is 1.68. The molecule has 1 aliphatic heterocycles. The van der Waals surface area contributed by atoms with Crippen molar-refractivity contribution >= 4 is 5.91 Å². The van der Waals surface area contributed by atoms with Gasteiger partial charge >= 0.3 is 0 Å². The molecule has 0 radical (unpaired) electrons. The van der Waals surface area contributed by atoms with E-state index in [4.69, 9.17) is 0 Å². The van der Waals surface area contributed by atoms with Crippen LogP contribution >= 0.6 is 0 Å². The van der Waals surface area contributed by atoms with Crippen LogP contribution in [0.15, 0.2) is 4.63 Å². The summed E-state index contributed by atoms with van der Waals surface area (Å²) in [4.78, 5) is 14.3. The Hall–Kier alpha value is -1.43. The molecule has 1 aromatic heterocycles. The molecule has 1 amide bonds. The van der Waals surface area contributed by atoms with Gasteiger partial charge in [-0.2, -0.15) is 0 Å². The summed E-state index contributed by atoms with van der Waals surface area (Å²) >= 11 is 0. The van der Waals surface area contributed by atoms with Crippen LogP contribution in [0.1, 0.15) is 43.5 Å². The zero-order chi connectivity index (χ0) is 14.2. The first-order valence-corrected chi connectivity index (χ1v) is 7.35. The van der Waals surface area contributed by atoms with Gasteiger partial charge in [0.05, 0.1) is 12.5 Å². The molecule has 1 saturated heterocycles. The van der Waals surface area contributed by atoms with Crippen molar-refractivity contribution in [1.82, 2.24) is 15.2 Å². The van der Waals surface area contributed by atoms with Gasteiger partial charge in [-0.05, 0) is 32.6 Å². The van der Waals surface area contributed by atoms with Crippen molar-refractivity contribution in [2.75, 3.05) is 13.1 Å². The smallest absolute Gasteiger partial charge is 0.228 e. The van der Waals surface area contributed by atoms with Gasteiger partial charge in [0.2, 0.25) is 5.91 Å². The number of aliphatic hydroxyl groups is 1. The molecule has 2 aliphatic rings. The number of likely N-dealkylation sites (tertiary alicyclic amines) is 1. The second-order valence-corrected chi connectivity index (χ2v) is 6.16. The molecule has 2 fully saturated rings. The minimum atomic E-state index is -0.256. The van der Waals surface area contributed by atoms with Crippen LogP contribution in [0, 0.1) is 12.3 Å². The maximum absolute atomic E-state index is 12.4. The number of hydrogen-bond donors (Lipinski definition) is 1. The van der Waals surface area contributed by atoms with Crippen LogP contribution in [0.3, 0.4) is 0 Å². The summed E-state index contributed by atoms with van der Waals surface area (Å²) in [6.07, 6.45) is 4.95. The van der Waals surface area contributed by atoms with Gasteiger partial charge in [-0.25, -0.2) is 4.63 Å². The maximum Gasteiger partial charge on any atom is 0.228 e. The molecule has 20 heavy (non-hydrogen) atoms. The lowest BCUT2D eigenvalue weighted by Gasteiger charge is -2.42. The predicted molar refractivity (Wildman–Crippen MR) is 70.8 cm³/mol. The first kappa shape index (κ1) is 13.5. The Morgan fingerprint density at radius 3 is 2.90 bits per heavy atom. The fourth-order valence-corrected chi connectivity index (χ4v) is 3.63. The van der Waals surface area contributed by atoms with E-state index in [9.17, 15) is 9.90 Å². The Bertz CT molecular complexity index is 502. The van der Waals surface area contributed by atoms with Gasteiger partial charge < -0.3 is 10.0 Å². The predicted octanol–water partition coefficient (Wildman–Crippen LogP) is 1.07. The molecule has 1 saturated carbocycles. The second-order valence-electron chi connectivity index (χ2n) is 6.16. The number of carbonyl (C=O) groups excluding carboxylic acids is 1. The van der Waals surface area contributed by atoms with Crippen molar-refractivity contribution in [2.24, 2.45) is 5.41 Å². The molecule has 2 atom stereocenters. The number of hydrogen-bond acceptors (Lipinski definition) is 5. The largest absolute Gasteiger partial charge is 0.392 e. The van der Waals surface area contributed by atoms with Gasteiger partial charge in [-0.1, -0.05) is 16.7 Å². The minimum Gasteiger partial charge on any atom is -0.392 e. The van der Waals surface area contributed by atoms with Crippen LogP contribution in [0.5, 0.6) is 0 Å². The summed E-state index contributed by atoms with van der Waals surface area (Å²) in [5.41, 5.74) is 1.22. The number of nitrogens with zero attached hydrogens (tertiary/aromatic N) is 3. The molecule has 3 rings (SSSR count). The van der Waals surface area contributed by atoms with Crippen molar-refractivity contribution in [3.8, 4) is 0 Å². The van der Waals surface area contributed by atoms with E-state index in [1.807, 2.05) is 4.90 Å². The third kappa shape index (κ3) is 2.32. The molecule has 6 heteroatoms. The van der Waals surface area contributed by atoms with Crippen LogP contribution < -0.4 is 0 Å². The monoisotopic (exact) mass is 279 g/mol. The Morgan fingerprint density at radius 1 is 1.45 bits per heavy atom. The highest BCUT2D eigenvalue weighted by Crippen LogP contribution is 2.45. The van der Waals surface area contributed by atoms with Crippen molar-refractivity contribution in [3.05, 3.63) is 11.4 Å². The molecule has 110 valence electrons. The zero-order valence-corrected chi connectivity index (χ0v) is 11.8. The number of rotatable bonds is 2. The summed E-state index contributed by atoms with van der Waals surface area (Å²) < 4.78 is 4.63. The fraction of sp³-hybridized carbons (Fsp3) is 0.786. The molecule has 6 nitrogen and oxygen atoms in total. The van der Waals surface area contributed by atoms with Gasteiger partial charge in [0.15, 0.2) is 0 Å². The first-order chi connectivity index (χ1) is 9.61. The highest BCUT2D eigenvalue weighted by molar-refractivity contribution is 5.78. The lowest BCUT2D eigenvalue weighted by atomic mass is 9.76. The third-order valence-electron chi connectivity index (χ3n) is 4.89. The highest BCUT2D eigenvalue weighted by atomic mass is 16.6. The number of piperidine rings is 1. The van der Waals surface area contributed by atoms with Gasteiger partial charge in [0.1, 0.15) is 11.4 Å². The molecular formula is C14H21N3O3. The normalized spacial score (nSPS) is 30.1. The van der Waals surface area contributed by atoms with Crippen LogP contribution in [-0.2, 0) is 11.2 Å². The van der Waals surface area contributed by atoms with Gasteiger partial charge in [-0.3, -0.25) is 4.79 Å². The molecule has 1 aromatic rings. The number of amides is 1. The van der Waals surface area contributed by atoms with Crippen LogP contribution in [0.2, 0.25) is 0 Å². The summed E-state index contributed by atoms with van der Waals surface area (Å²) in [5.74, 6) is 0.0574.